The van der Waals surface area contributed by atoms with E-state index >= 15 is 0 Å². The Hall–Kier alpha value is -2.14. The summed E-state index contributed by atoms with van der Waals surface area (Å²) in [6.45, 7) is 10.7. The van der Waals surface area contributed by atoms with Crippen LogP contribution in [-0.4, -0.2) is 25.6 Å². The third-order valence-electron chi connectivity index (χ3n) is 3.85. The van der Waals surface area contributed by atoms with Crippen LogP contribution in [0.2, 0.25) is 5.15 Å². The number of halogens is 1. The standard InChI is InChI=1S/C18H22ClN5/c1-11(2)22-16-14(15(19)23-17-20-10-21-24(16)17)12-6-8-13(9-7-12)18(3,4)5/h6-11,22H,1-5H3. The van der Waals surface area contributed by atoms with Gasteiger partial charge in [0, 0.05) is 6.04 Å². The molecule has 3 rings (SSSR count). The topological polar surface area (TPSA) is 55.1 Å². The molecular weight excluding hydrogens is 322 g/mol. The molecule has 0 bridgehead atoms. The summed E-state index contributed by atoms with van der Waals surface area (Å²) < 4.78 is 1.69. The molecule has 5 nitrogen and oxygen atoms in total. The SMILES string of the molecule is CC(C)Nc1c(-c2ccc(C(C)(C)C)cc2)c(Cl)nc2ncnn12. The van der Waals surface area contributed by atoms with Gasteiger partial charge in [-0.05, 0) is 30.4 Å². The Labute approximate surface area is 147 Å². The molecule has 0 aliphatic rings. The van der Waals surface area contributed by atoms with E-state index < -0.39 is 0 Å². The van der Waals surface area contributed by atoms with Crippen LogP contribution in [0.15, 0.2) is 30.6 Å². The van der Waals surface area contributed by atoms with Gasteiger partial charge in [-0.25, -0.2) is 0 Å². The molecule has 2 heterocycles. The number of aromatic nitrogens is 4. The molecule has 0 atom stereocenters. The average Bonchev–Trinajstić information content (AvgIpc) is 2.94. The monoisotopic (exact) mass is 343 g/mol. The lowest BCUT2D eigenvalue weighted by molar-refractivity contribution is 0.590. The van der Waals surface area contributed by atoms with Crippen LogP contribution in [0.5, 0.6) is 0 Å². The van der Waals surface area contributed by atoms with Gasteiger partial charge in [-0.15, -0.1) is 0 Å². The maximum atomic E-state index is 6.48. The molecule has 0 amide bonds. The Morgan fingerprint density at radius 1 is 1.12 bits per heavy atom. The van der Waals surface area contributed by atoms with Crippen molar-refractivity contribution in [1.29, 1.82) is 0 Å². The van der Waals surface area contributed by atoms with Gasteiger partial charge in [-0.1, -0.05) is 56.6 Å². The van der Waals surface area contributed by atoms with Crippen LogP contribution < -0.4 is 5.32 Å². The highest BCUT2D eigenvalue weighted by atomic mass is 35.5. The average molecular weight is 344 g/mol. The number of hydrogen-bond donors (Lipinski definition) is 1. The van der Waals surface area contributed by atoms with E-state index in [4.69, 9.17) is 11.6 Å². The zero-order valence-corrected chi connectivity index (χ0v) is 15.4. The van der Waals surface area contributed by atoms with Gasteiger partial charge in [-0.3, -0.25) is 0 Å². The van der Waals surface area contributed by atoms with Gasteiger partial charge in [0.25, 0.3) is 5.78 Å². The van der Waals surface area contributed by atoms with Crippen molar-refractivity contribution >= 4 is 23.2 Å². The predicted octanol–water partition coefficient (Wildman–Crippen LogP) is 4.56. The van der Waals surface area contributed by atoms with Crippen molar-refractivity contribution in [3.8, 4) is 11.1 Å². The molecule has 3 aromatic rings. The van der Waals surface area contributed by atoms with Crippen LogP contribution in [0.4, 0.5) is 5.82 Å². The van der Waals surface area contributed by atoms with E-state index in [9.17, 15) is 0 Å². The van der Waals surface area contributed by atoms with E-state index in [1.54, 1.807) is 4.52 Å². The summed E-state index contributed by atoms with van der Waals surface area (Å²) in [4.78, 5) is 8.51. The number of rotatable bonds is 3. The molecule has 0 radical (unpaired) electrons. The number of nitrogens with one attached hydrogen (secondary N) is 1. The molecule has 24 heavy (non-hydrogen) atoms. The number of fused-ring (bicyclic) bond motifs is 1. The van der Waals surface area contributed by atoms with Crippen LogP contribution in [0, 0.1) is 0 Å². The first kappa shape index (κ1) is 16.7. The quantitative estimate of drug-likeness (QED) is 0.708. The molecule has 0 saturated heterocycles. The van der Waals surface area contributed by atoms with Crippen LogP contribution in [0.25, 0.3) is 16.9 Å². The van der Waals surface area contributed by atoms with Crippen molar-refractivity contribution in [3.05, 3.63) is 41.3 Å². The van der Waals surface area contributed by atoms with Crippen molar-refractivity contribution in [3.63, 3.8) is 0 Å². The Kier molecular flexibility index (Phi) is 4.22. The number of benzene rings is 1. The van der Waals surface area contributed by atoms with Crippen LogP contribution in [-0.2, 0) is 5.41 Å². The molecule has 1 N–H and O–H groups in total. The van der Waals surface area contributed by atoms with Gasteiger partial charge in [0.15, 0.2) is 0 Å². The van der Waals surface area contributed by atoms with Gasteiger partial charge >= 0.3 is 0 Å². The Bertz CT molecular complexity index is 859. The zero-order chi connectivity index (χ0) is 17.5. The smallest absolute Gasteiger partial charge is 0.255 e. The fourth-order valence-corrected chi connectivity index (χ4v) is 2.89. The minimum atomic E-state index is 0.107. The molecule has 0 fully saturated rings. The van der Waals surface area contributed by atoms with Crippen molar-refractivity contribution in [1.82, 2.24) is 19.6 Å². The van der Waals surface area contributed by atoms with E-state index in [-0.39, 0.29) is 11.5 Å². The molecule has 0 saturated carbocycles. The second-order valence-corrected chi connectivity index (χ2v) is 7.58. The van der Waals surface area contributed by atoms with Crippen molar-refractivity contribution in [2.75, 3.05) is 5.32 Å². The van der Waals surface area contributed by atoms with E-state index in [0.29, 0.717) is 10.9 Å². The summed E-state index contributed by atoms with van der Waals surface area (Å²) in [6.07, 6.45) is 1.48. The minimum Gasteiger partial charge on any atom is -0.367 e. The minimum absolute atomic E-state index is 0.107. The maximum Gasteiger partial charge on any atom is 0.255 e. The normalized spacial score (nSPS) is 12.1. The van der Waals surface area contributed by atoms with Gasteiger partial charge in [-0.2, -0.15) is 19.6 Å². The summed E-state index contributed by atoms with van der Waals surface area (Å²) in [5, 5.41) is 8.12. The number of anilines is 1. The van der Waals surface area contributed by atoms with Crippen LogP contribution >= 0.6 is 11.6 Å². The first-order valence-corrected chi connectivity index (χ1v) is 8.42. The van der Waals surface area contributed by atoms with Crippen molar-refractivity contribution < 1.29 is 0 Å². The number of nitrogens with zero attached hydrogens (tertiary/aromatic N) is 4. The fourth-order valence-electron chi connectivity index (χ4n) is 2.62. The van der Waals surface area contributed by atoms with E-state index in [0.717, 1.165) is 16.9 Å². The Morgan fingerprint density at radius 3 is 2.38 bits per heavy atom. The third-order valence-corrected chi connectivity index (χ3v) is 4.12. The van der Waals surface area contributed by atoms with Gasteiger partial charge in [0.05, 0.1) is 5.56 Å². The molecule has 2 aromatic heterocycles. The maximum absolute atomic E-state index is 6.48. The van der Waals surface area contributed by atoms with E-state index in [1.165, 1.54) is 11.9 Å². The third kappa shape index (κ3) is 3.08. The van der Waals surface area contributed by atoms with E-state index in [2.05, 4.69) is 79.3 Å². The largest absolute Gasteiger partial charge is 0.367 e. The zero-order valence-electron chi connectivity index (χ0n) is 14.6. The lowest BCUT2D eigenvalue weighted by Crippen LogP contribution is -2.15. The summed E-state index contributed by atoms with van der Waals surface area (Å²) >= 11 is 6.48. The summed E-state index contributed by atoms with van der Waals surface area (Å²) in [5.74, 6) is 1.29. The Balaban J connectivity index is 2.19. The highest BCUT2D eigenvalue weighted by Gasteiger charge is 2.19. The second kappa shape index (κ2) is 6.06. The summed E-state index contributed by atoms with van der Waals surface area (Å²) in [5.41, 5.74) is 3.22. The first-order valence-electron chi connectivity index (χ1n) is 8.04. The lowest BCUT2D eigenvalue weighted by atomic mass is 9.86. The van der Waals surface area contributed by atoms with Gasteiger partial charge < -0.3 is 5.32 Å². The number of hydrogen-bond acceptors (Lipinski definition) is 4. The highest BCUT2D eigenvalue weighted by Crippen LogP contribution is 2.35. The van der Waals surface area contributed by atoms with Crippen molar-refractivity contribution in [2.24, 2.45) is 0 Å². The molecule has 0 spiro atoms. The summed E-state index contributed by atoms with van der Waals surface area (Å²) in [6, 6.07) is 8.66. The molecule has 6 heteroatoms. The van der Waals surface area contributed by atoms with E-state index in [1.807, 2.05) is 0 Å². The predicted molar refractivity (Wildman–Crippen MR) is 98.7 cm³/mol. The molecule has 0 aliphatic heterocycles. The second-order valence-electron chi connectivity index (χ2n) is 7.22. The van der Waals surface area contributed by atoms with Gasteiger partial charge in [0.1, 0.15) is 17.3 Å². The molecule has 126 valence electrons. The molecular formula is C18H22ClN5. The molecule has 1 aromatic carbocycles. The molecule has 0 aliphatic carbocycles. The lowest BCUT2D eigenvalue weighted by Gasteiger charge is -2.20. The summed E-state index contributed by atoms with van der Waals surface area (Å²) in [7, 11) is 0. The van der Waals surface area contributed by atoms with Gasteiger partial charge in [0.2, 0.25) is 0 Å². The fraction of sp³-hybridized carbons (Fsp3) is 0.389. The molecule has 0 unspecified atom stereocenters. The first-order chi connectivity index (χ1) is 11.3. The highest BCUT2D eigenvalue weighted by molar-refractivity contribution is 6.32. The van der Waals surface area contributed by atoms with Crippen LogP contribution in [0.1, 0.15) is 40.2 Å². The Morgan fingerprint density at radius 2 is 1.79 bits per heavy atom. The van der Waals surface area contributed by atoms with Crippen molar-refractivity contribution in [2.45, 2.75) is 46.1 Å². The van der Waals surface area contributed by atoms with Crippen LogP contribution in [0.3, 0.4) is 0 Å².